The predicted octanol–water partition coefficient (Wildman–Crippen LogP) is 2.74. The SMILES string of the molecule is O=S(=O)(c1ccc(C(=S)NS)cc1)c1ccc(C(=S)NS)cc1. The monoisotopic (exact) mass is 400 g/mol. The maximum atomic E-state index is 12.6. The molecule has 0 aromatic heterocycles. The molecule has 9 heteroatoms. The van der Waals surface area contributed by atoms with Crippen molar-refractivity contribution >= 4 is 69.9 Å². The first kappa shape index (κ1) is 18.2. The van der Waals surface area contributed by atoms with E-state index in [1.807, 2.05) is 0 Å². The molecular formula is C14H12N2O2S5. The van der Waals surface area contributed by atoms with Crippen molar-refractivity contribution < 1.29 is 8.42 Å². The van der Waals surface area contributed by atoms with Crippen molar-refractivity contribution in [3.63, 3.8) is 0 Å². The number of sulfone groups is 1. The van der Waals surface area contributed by atoms with Crippen LogP contribution in [0.4, 0.5) is 0 Å². The third kappa shape index (κ3) is 4.04. The molecule has 0 spiro atoms. The minimum Gasteiger partial charge on any atom is -0.323 e. The Labute approximate surface area is 156 Å². The van der Waals surface area contributed by atoms with Crippen LogP contribution in [0.2, 0.25) is 0 Å². The fourth-order valence-corrected chi connectivity index (χ4v) is 3.63. The average Bonchev–Trinajstić information content (AvgIpc) is 2.60. The minimum atomic E-state index is -3.60. The third-order valence-corrected chi connectivity index (χ3v) is 6.27. The molecule has 2 aromatic carbocycles. The molecule has 0 aliphatic rings. The lowest BCUT2D eigenvalue weighted by molar-refractivity contribution is 0.596. The van der Waals surface area contributed by atoms with E-state index in [4.69, 9.17) is 24.4 Å². The van der Waals surface area contributed by atoms with Gasteiger partial charge in [-0.3, -0.25) is 0 Å². The van der Waals surface area contributed by atoms with Crippen LogP contribution in [0, 0.1) is 0 Å². The van der Waals surface area contributed by atoms with Gasteiger partial charge >= 0.3 is 0 Å². The quantitative estimate of drug-likeness (QED) is 0.468. The topological polar surface area (TPSA) is 58.2 Å². The standard InChI is InChI=1S/C14H12N2O2S5/c17-23(18,11-5-1-9(2-6-11)13(19)15-21)12-7-3-10(4-8-12)14(20)16-22/h1-8,21-22H,(H,15,19)(H,16,20). The van der Waals surface area contributed by atoms with E-state index >= 15 is 0 Å². The van der Waals surface area contributed by atoms with E-state index in [0.29, 0.717) is 21.1 Å². The predicted molar refractivity (Wildman–Crippen MR) is 106 cm³/mol. The number of hydrogen-bond donors (Lipinski definition) is 4. The Morgan fingerprint density at radius 1 is 0.739 bits per heavy atom. The third-order valence-electron chi connectivity index (χ3n) is 3.06. The van der Waals surface area contributed by atoms with Gasteiger partial charge in [0.15, 0.2) is 0 Å². The molecule has 0 radical (unpaired) electrons. The van der Waals surface area contributed by atoms with Crippen molar-refractivity contribution in [1.29, 1.82) is 0 Å². The van der Waals surface area contributed by atoms with Crippen LogP contribution in [0.3, 0.4) is 0 Å². The lowest BCUT2D eigenvalue weighted by Crippen LogP contribution is -2.12. The molecule has 0 bridgehead atoms. The molecule has 0 aliphatic heterocycles. The van der Waals surface area contributed by atoms with Gasteiger partial charge in [0, 0.05) is 11.1 Å². The van der Waals surface area contributed by atoms with Crippen molar-refractivity contribution in [3.05, 3.63) is 59.7 Å². The van der Waals surface area contributed by atoms with Crippen LogP contribution in [0.5, 0.6) is 0 Å². The molecule has 0 heterocycles. The maximum Gasteiger partial charge on any atom is 0.206 e. The molecule has 0 unspecified atom stereocenters. The van der Waals surface area contributed by atoms with Crippen LogP contribution in [0.15, 0.2) is 58.3 Å². The van der Waals surface area contributed by atoms with Crippen molar-refractivity contribution in [3.8, 4) is 0 Å². The molecule has 4 nitrogen and oxygen atoms in total. The summed E-state index contributed by atoms with van der Waals surface area (Å²) in [6.07, 6.45) is 0. The van der Waals surface area contributed by atoms with Crippen LogP contribution in [0.1, 0.15) is 11.1 Å². The highest BCUT2D eigenvalue weighted by atomic mass is 32.2. The fourth-order valence-electron chi connectivity index (χ4n) is 1.84. The average molecular weight is 401 g/mol. The number of hydrogen-bond acceptors (Lipinski definition) is 6. The van der Waals surface area contributed by atoms with Crippen LogP contribution in [-0.2, 0) is 9.84 Å². The zero-order chi connectivity index (χ0) is 17.0. The number of rotatable bonds is 4. The van der Waals surface area contributed by atoms with E-state index in [-0.39, 0.29) is 9.79 Å². The number of benzene rings is 2. The Kier molecular flexibility index (Phi) is 6.04. The largest absolute Gasteiger partial charge is 0.323 e. The molecule has 0 atom stereocenters. The lowest BCUT2D eigenvalue weighted by Gasteiger charge is -2.08. The zero-order valence-electron chi connectivity index (χ0n) is 11.6. The molecular weight excluding hydrogens is 389 g/mol. The van der Waals surface area contributed by atoms with Gasteiger partial charge in [0.1, 0.15) is 9.98 Å². The van der Waals surface area contributed by atoms with Crippen LogP contribution in [0.25, 0.3) is 0 Å². The second-order valence-corrected chi connectivity index (χ2v) is 7.65. The highest BCUT2D eigenvalue weighted by Crippen LogP contribution is 2.22. The Balaban J connectivity index is 2.34. The van der Waals surface area contributed by atoms with Gasteiger partial charge in [-0.15, -0.1) is 0 Å². The fraction of sp³-hybridized carbons (Fsp3) is 0. The van der Waals surface area contributed by atoms with Gasteiger partial charge in [0.05, 0.1) is 9.79 Å². The Bertz CT molecular complexity index is 765. The van der Waals surface area contributed by atoms with Gasteiger partial charge in [-0.2, -0.15) is 0 Å². The summed E-state index contributed by atoms with van der Waals surface area (Å²) in [5, 5.41) is 0. The molecule has 0 fully saturated rings. The summed E-state index contributed by atoms with van der Waals surface area (Å²) < 4.78 is 30.3. The number of nitrogens with one attached hydrogen (secondary N) is 2. The van der Waals surface area contributed by atoms with E-state index in [2.05, 4.69) is 35.1 Å². The molecule has 120 valence electrons. The Hall–Kier alpha value is -1.13. The molecule has 0 aliphatic carbocycles. The second-order valence-electron chi connectivity index (χ2n) is 4.43. The first-order chi connectivity index (χ1) is 10.9. The number of thiol groups is 2. The number of thiocarbonyl (C=S) groups is 2. The van der Waals surface area contributed by atoms with Gasteiger partial charge in [-0.1, -0.05) is 74.3 Å². The van der Waals surface area contributed by atoms with E-state index in [9.17, 15) is 8.42 Å². The maximum absolute atomic E-state index is 12.6. The second kappa shape index (κ2) is 7.63. The molecule has 2 aromatic rings. The van der Waals surface area contributed by atoms with E-state index in [0.717, 1.165) is 0 Å². The van der Waals surface area contributed by atoms with Gasteiger partial charge in [-0.25, -0.2) is 8.42 Å². The minimum absolute atomic E-state index is 0.186. The summed E-state index contributed by atoms with van der Waals surface area (Å²) in [5.74, 6) is 0. The van der Waals surface area contributed by atoms with E-state index < -0.39 is 9.84 Å². The Morgan fingerprint density at radius 2 is 1.04 bits per heavy atom. The summed E-state index contributed by atoms with van der Waals surface area (Å²) in [4.78, 5) is 1.22. The zero-order valence-corrected chi connectivity index (χ0v) is 15.8. The summed E-state index contributed by atoms with van der Waals surface area (Å²) >= 11 is 17.8. The summed E-state index contributed by atoms with van der Waals surface area (Å²) in [6.45, 7) is 0. The van der Waals surface area contributed by atoms with Crippen LogP contribution < -0.4 is 9.44 Å². The molecule has 23 heavy (non-hydrogen) atoms. The van der Waals surface area contributed by atoms with Crippen LogP contribution >= 0.6 is 50.1 Å². The normalized spacial score (nSPS) is 10.9. The van der Waals surface area contributed by atoms with E-state index in [1.165, 1.54) is 24.3 Å². The highest BCUT2D eigenvalue weighted by Gasteiger charge is 2.18. The van der Waals surface area contributed by atoms with Crippen molar-refractivity contribution in [1.82, 2.24) is 9.44 Å². The highest BCUT2D eigenvalue weighted by molar-refractivity contribution is 7.91. The Morgan fingerprint density at radius 3 is 1.30 bits per heavy atom. The molecule has 2 N–H and O–H groups in total. The molecule has 0 amide bonds. The van der Waals surface area contributed by atoms with Crippen molar-refractivity contribution in [2.24, 2.45) is 0 Å². The molecule has 2 rings (SSSR count). The van der Waals surface area contributed by atoms with Crippen molar-refractivity contribution in [2.45, 2.75) is 9.79 Å². The van der Waals surface area contributed by atoms with Crippen LogP contribution in [-0.4, -0.2) is 18.4 Å². The van der Waals surface area contributed by atoms with Gasteiger partial charge in [-0.05, 0) is 24.3 Å². The van der Waals surface area contributed by atoms with Gasteiger partial charge < -0.3 is 9.44 Å². The molecule has 0 saturated carbocycles. The summed E-state index contributed by atoms with van der Waals surface area (Å²) in [6, 6.07) is 12.6. The van der Waals surface area contributed by atoms with Gasteiger partial charge in [0.25, 0.3) is 0 Å². The van der Waals surface area contributed by atoms with E-state index in [1.54, 1.807) is 24.3 Å². The first-order valence-electron chi connectivity index (χ1n) is 6.24. The smallest absolute Gasteiger partial charge is 0.206 e. The lowest BCUT2D eigenvalue weighted by atomic mass is 10.2. The molecule has 0 saturated heterocycles. The summed E-state index contributed by atoms with van der Waals surface area (Å²) in [5.41, 5.74) is 1.38. The van der Waals surface area contributed by atoms with Crippen molar-refractivity contribution in [2.75, 3.05) is 0 Å². The van der Waals surface area contributed by atoms with Gasteiger partial charge in [0.2, 0.25) is 9.84 Å². The summed E-state index contributed by atoms with van der Waals surface area (Å²) in [7, 11) is -3.60. The first-order valence-corrected chi connectivity index (χ1v) is 9.43.